The number of hydrogen-bond donors (Lipinski definition) is 2. The van der Waals surface area contributed by atoms with E-state index in [4.69, 9.17) is 13.9 Å². The topological polar surface area (TPSA) is 135 Å². The number of aromatic amines is 1. The van der Waals surface area contributed by atoms with Gasteiger partial charge in [-0.15, -0.1) is 10.2 Å². The smallest absolute Gasteiger partial charge is 0.255 e. The van der Waals surface area contributed by atoms with Crippen molar-refractivity contribution in [2.24, 2.45) is 5.92 Å². The van der Waals surface area contributed by atoms with Crippen LogP contribution in [0.25, 0.3) is 22.4 Å². The molecule has 1 unspecified atom stereocenters. The van der Waals surface area contributed by atoms with E-state index in [2.05, 4.69) is 25.7 Å². The fourth-order valence-electron chi connectivity index (χ4n) is 4.58. The van der Waals surface area contributed by atoms with Gasteiger partial charge in [-0.3, -0.25) is 14.7 Å². The molecule has 2 amide bonds. The van der Waals surface area contributed by atoms with Crippen LogP contribution in [0.4, 0.5) is 5.69 Å². The Morgan fingerprint density at radius 3 is 2.67 bits per heavy atom. The van der Waals surface area contributed by atoms with Crippen LogP contribution >= 0.6 is 0 Å². The Bertz CT molecular complexity index is 1690. The molecule has 1 fully saturated rings. The van der Waals surface area contributed by atoms with E-state index in [-0.39, 0.29) is 24.3 Å². The molecular formula is C29H26N6O5. The van der Waals surface area contributed by atoms with Crippen molar-refractivity contribution >= 4 is 28.4 Å². The van der Waals surface area contributed by atoms with Crippen LogP contribution in [0.3, 0.4) is 0 Å². The fraction of sp³-hybridized carbons (Fsp3) is 0.207. The Kier molecular flexibility index (Phi) is 6.61. The normalized spacial score (nSPS) is 15.0. The minimum Gasteiger partial charge on any atom is -0.493 e. The second-order valence-electron chi connectivity index (χ2n) is 9.59. The van der Waals surface area contributed by atoms with Crippen molar-refractivity contribution in [3.05, 3.63) is 78.3 Å². The molecule has 1 aliphatic heterocycles. The van der Waals surface area contributed by atoms with Gasteiger partial charge in [0.25, 0.3) is 5.91 Å². The van der Waals surface area contributed by atoms with Gasteiger partial charge >= 0.3 is 0 Å². The van der Waals surface area contributed by atoms with Crippen LogP contribution in [0.2, 0.25) is 0 Å². The molecule has 3 aromatic carbocycles. The third-order valence-corrected chi connectivity index (χ3v) is 6.73. The molecule has 3 heterocycles. The molecule has 1 atom stereocenters. The predicted octanol–water partition coefficient (Wildman–Crippen LogP) is 4.82. The van der Waals surface area contributed by atoms with E-state index in [0.29, 0.717) is 46.8 Å². The summed E-state index contributed by atoms with van der Waals surface area (Å²) in [7, 11) is 1.78. The molecule has 40 heavy (non-hydrogen) atoms. The van der Waals surface area contributed by atoms with Gasteiger partial charge in [0, 0.05) is 43.1 Å². The number of carbonyl (C=O) groups excluding carboxylic acids is 2. The number of aromatic nitrogens is 4. The Hall–Kier alpha value is -5.19. The number of hydrogen-bond acceptors (Lipinski definition) is 8. The second kappa shape index (κ2) is 10.5. The molecule has 1 saturated heterocycles. The molecule has 0 aliphatic carbocycles. The summed E-state index contributed by atoms with van der Waals surface area (Å²) in [6.45, 7) is 2.63. The van der Waals surface area contributed by atoms with Crippen molar-refractivity contribution < 1.29 is 23.5 Å². The number of benzene rings is 3. The van der Waals surface area contributed by atoms with Crippen LogP contribution in [-0.2, 0) is 4.79 Å². The summed E-state index contributed by atoms with van der Waals surface area (Å²) in [6.07, 6.45) is 2.38. The van der Waals surface area contributed by atoms with Crippen molar-refractivity contribution in [3.8, 4) is 28.7 Å². The van der Waals surface area contributed by atoms with E-state index in [1.807, 2.05) is 30.3 Å². The maximum Gasteiger partial charge on any atom is 0.255 e. The number of anilines is 1. The quantitative estimate of drug-likeness (QED) is 0.287. The zero-order chi connectivity index (χ0) is 27.6. The second-order valence-corrected chi connectivity index (χ2v) is 9.59. The highest BCUT2D eigenvalue weighted by Gasteiger charge is 2.29. The van der Waals surface area contributed by atoms with Crippen molar-refractivity contribution in [3.63, 3.8) is 0 Å². The molecule has 5 aromatic rings. The average molecular weight is 539 g/mol. The van der Waals surface area contributed by atoms with E-state index in [1.165, 1.54) is 0 Å². The molecule has 0 saturated carbocycles. The monoisotopic (exact) mass is 538 g/mol. The van der Waals surface area contributed by atoms with Gasteiger partial charge in [0.05, 0.1) is 29.9 Å². The summed E-state index contributed by atoms with van der Waals surface area (Å²) in [5.74, 6) is 1.74. The van der Waals surface area contributed by atoms with Crippen molar-refractivity contribution in [1.29, 1.82) is 0 Å². The summed E-state index contributed by atoms with van der Waals surface area (Å²) >= 11 is 0. The number of H-pyrrole nitrogens is 1. The number of carbonyl (C=O) groups is 2. The van der Waals surface area contributed by atoms with Crippen LogP contribution in [0, 0.1) is 12.8 Å². The molecule has 11 nitrogen and oxygen atoms in total. The fourth-order valence-corrected chi connectivity index (χ4v) is 4.58. The molecule has 1 aliphatic rings. The van der Waals surface area contributed by atoms with Crippen molar-refractivity contribution in [1.82, 2.24) is 25.3 Å². The molecule has 6 rings (SSSR count). The minimum atomic E-state index is -0.345. The van der Waals surface area contributed by atoms with Crippen LogP contribution in [0.5, 0.6) is 17.2 Å². The molecule has 0 bridgehead atoms. The van der Waals surface area contributed by atoms with Gasteiger partial charge in [-0.05, 0) is 55.0 Å². The third-order valence-electron chi connectivity index (χ3n) is 6.73. The largest absolute Gasteiger partial charge is 0.493 e. The van der Waals surface area contributed by atoms with E-state index in [0.717, 1.165) is 22.9 Å². The first-order chi connectivity index (χ1) is 19.4. The lowest BCUT2D eigenvalue weighted by Gasteiger charge is -2.15. The third kappa shape index (κ3) is 5.21. The number of likely N-dealkylation sites (tertiary alicyclic amines) is 1. The molecule has 0 radical (unpaired) electrons. The Balaban J connectivity index is 1.25. The maximum atomic E-state index is 13.4. The lowest BCUT2D eigenvalue weighted by Crippen LogP contribution is -2.25. The van der Waals surface area contributed by atoms with E-state index >= 15 is 0 Å². The predicted molar refractivity (Wildman–Crippen MR) is 146 cm³/mol. The standard InChI is InChI=1S/C29H26N6O5/c1-17-32-34-28(39-17)18-6-8-21(9-7-18)40-23-13-20(12-22(14-23)38-16-19-10-11-35(2)29(19)37)27(36)31-25-4-3-5-26-24(25)15-30-33-26/h3-9,12-15,19H,10-11,16H2,1-2H3,(H,30,33)(H,31,36). The number of nitrogens with zero attached hydrogens (tertiary/aromatic N) is 4. The minimum absolute atomic E-state index is 0.0510. The van der Waals surface area contributed by atoms with Crippen LogP contribution in [0.1, 0.15) is 22.7 Å². The zero-order valence-electron chi connectivity index (χ0n) is 21.9. The summed E-state index contributed by atoms with van der Waals surface area (Å²) in [4.78, 5) is 27.4. The molecule has 11 heteroatoms. The molecular weight excluding hydrogens is 512 g/mol. The first kappa shape index (κ1) is 25.1. The van der Waals surface area contributed by atoms with Gasteiger partial charge in [0.15, 0.2) is 0 Å². The summed E-state index contributed by atoms with van der Waals surface area (Å²) in [5, 5.41) is 18.6. The van der Waals surface area contributed by atoms with E-state index in [9.17, 15) is 9.59 Å². The molecule has 202 valence electrons. The molecule has 2 N–H and O–H groups in total. The molecule has 0 spiro atoms. The first-order valence-electron chi connectivity index (χ1n) is 12.8. The van der Waals surface area contributed by atoms with Gasteiger partial charge in [-0.1, -0.05) is 6.07 Å². The Morgan fingerprint density at radius 2 is 1.93 bits per heavy atom. The van der Waals surface area contributed by atoms with E-state index in [1.54, 1.807) is 55.4 Å². The number of aryl methyl sites for hydroxylation is 1. The Morgan fingerprint density at radius 1 is 1.10 bits per heavy atom. The van der Waals surface area contributed by atoms with Gasteiger partial charge < -0.3 is 24.1 Å². The number of rotatable bonds is 8. The average Bonchev–Trinajstić information content (AvgIpc) is 3.69. The van der Waals surface area contributed by atoms with Gasteiger partial charge in [-0.25, -0.2) is 0 Å². The molecule has 2 aromatic heterocycles. The van der Waals surface area contributed by atoms with Crippen molar-refractivity contribution in [2.75, 3.05) is 25.5 Å². The summed E-state index contributed by atoms with van der Waals surface area (Å²) < 4.78 is 17.6. The lowest BCUT2D eigenvalue weighted by atomic mass is 10.1. The highest BCUT2D eigenvalue weighted by Crippen LogP contribution is 2.31. The first-order valence-corrected chi connectivity index (χ1v) is 12.8. The van der Waals surface area contributed by atoms with Crippen LogP contribution < -0.4 is 14.8 Å². The van der Waals surface area contributed by atoms with Gasteiger partial charge in [-0.2, -0.15) is 5.10 Å². The summed E-state index contributed by atoms with van der Waals surface area (Å²) in [5.41, 5.74) is 2.52. The van der Waals surface area contributed by atoms with Gasteiger partial charge in [0.1, 0.15) is 17.2 Å². The number of fused-ring (bicyclic) bond motifs is 1. The maximum absolute atomic E-state index is 13.4. The highest BCUT2D eigenvalue weighted by atomic mass is 16.5. The SMILES string of the molecule is Cc1nnc(-c2ccc(Oc3cc(OCC4CCN(C)C4=O)cc(C(=O)Nc4cccc5[nH]ncc45)c3)cc2)o1. The number of amides is 2. The van der Waals surface area contributed by atoms with Gasteiger partial charge in [0.2, 0.25) is 17.7 Å². The van der Waals surface area contributed by atoms with Crippen LogP contribution in [0.15, 0.2) is 71.3 Å². The number of ether oxygens (including phenoxy) is 2. The van der Waals surface area contributed by atoms with Crippen LogP contribution in [-0.4, -0.2) is 57.3 Å². The highest BCUT2D eigenvalue weighted by molar-refractivity contribution is 6.09. The lowest BCUT2D eigenvalue weighted by molar-refractivity contribution is -0.130. The number of nitrogens with one attached hydrogen (secondary N) is 2. The van der Waals surface area contributed by atoms with Crippen molar-refractivity contribution in [2.45, 2.75) is 13.3 Å². The summed E-state index contributed by atoms with van der Waals surface area (Å²) in [6, 6.07) is 17.7. The zero-order valence-corrected chi connectivity index (χ0v) is 21.9. The van der Waals surface area contributed by atoms with E-state index < -0.39 is 0 Å². The Labute approximate surface area is 229 Å².